The van der Waals surface area contributed by atoms with Crippen LogP contribution in [0.15, 0.2) is 18.2 Å². The van der Waals surface area contributed by atoms with Crippen molar-refractivity contribution in [2.45, 2.75) is 100 Å². The first-order valence-electron chi connectivity index (χ1n) is 14.6. The van der Waals surface area contributed by atoms with Crippen molar-refractivity contribution >= 4 is 17.9 Å². The number of aliphatic hydroxyl groups is 1. The molecule has 0 saturated heterocycles. The second-order valence-corrected chi connectivity index (χ2v) is 14.1. The van der Waals surface area contributed by atoms with Crippen LogP contribution in [-0.4, -0.2) is 45.4 Å². The molecule has 3 N–H and O–H groups in total. The molecule has 2 atom stereocenters. The van der Waals surface area contributed by atoms with Crippen LogP contribution in [-0.2, 0) is 25.2 Å². The minimum Gasteiger partial charge on any atom is -0.479 e. The SMILES string of the molecule is O=C(O[C@@H](C(=O)O)[C@@H](O)C(=O)O)c1cc(C23CC4CC(CC(C4)C2)C3)cc(C23CC4CC(CC(C4)C2)C3)c1. The van der Waals surface area contributed by atoms with Crippen LogP contribution in [0.25, 0.3) is 0 Å². The minimum atomic E-state index is -2.33. The lowest BCUT2D eigenvalue weighted by Crippen LogP contribution is -2.50. The van der Waals surface area contributed by atoms with Crippen molar-refractivity contribution in [1.82, 2.24) is 0 Å². The van der Waals surface area contributed by atoms with E-state index in [0.717, 1.165) is 74.0 Å². The van der Waals surface area contributed by atoms with Crippen LogP contribution in [0.3, 0.4) is 0 Å². The van der Waals surface area contributed by atoms with E-state index < -0.39 is 30.1 Å². The maximum Gasteiger partial charge on any atom is 0.348 e. The molecule has 8 aliphatic rings. The number of aliphatic hydroxyl groups excluding tert-OH is 1. The van der Waals surface area contributed by atoms with Crippen LogP contribution in [0.5, 0.6) is 0 Å². The van der Waals surface area contributed by atoms with Crippen LogP contribution in [0, 0.1) is 35.5 Å². The molecule has 204 valence electrons. The highest BCUT2D eigenvalue weighted by Crippen LogP contribution is 2.63. The van der Waals surface area contributed by atoms with Crippen LogP contribution >= 0.6 is 0 Å². The van der Waals surface area contributed by atoms with Gasteiger partial charge >= 0.3 is 17.9 Å². The zero-order valence-corrected chi connectivity index (χ0v) is 21.8. The Kier molecular flexibility index (Phi) is 5.53. The largest absolute Gasteiger partial charge is 0.479 e. The number of esters is 1. The van der Waals surface area contributed by atoms with E-state index in [4.69, 9.17) is 9.84 Å². The van der Waals surface area contributed by atoms with Gasteiger partial charge in [-0.2, -0.15) is 0 Å². The number of benzene rings is 1. The monoisotopic (exact) mass is 522 g/mol. The summed E-state index contributed by atoms with van der Waals surface area (Å²) in [6.45, 7) is 0. The molecule has 8 aliphatic carbocycles. The Morgan fingerprint density at radius 1 is 0.658 bits per heavy atom. The van der Waals surface area contributed by atoms with Crippen molar-refractivity contribution in [3.63, 3.8) is 0 Å². The summed E-state index contributed by atoms with van der Waals surface area (Å²) < 4.78 is 5.20. The third-order valence-corrected chi connectivity index (χ3v) is 11.5. The first-order valence-corrected chi connectivity index (χ1v) is 14.6. The van der Waals surface area contributed by atoms with Gasteiger partial charge in [0.1, 0.15) is 0 Å². The van der Waals surface area contributed by atoms with Gasteiger partial charge in [0, 0.05) is 0 Å². The standard InChI is InChI=1S/C31H38O7/c32-25(27(33)34)26(28(35)36)38-29(37)22-7-23(30-10-16-1-17(11-30)3-18(2-16)12-30)9-24(8-22)31-13-19-4-20(14-31)6-21(5-19)15-31/h7-9,16-21,25-26,32H,1-6,10-15H2,(H,33,34)(H,35,36)/t16?,17?,18?,19?,20?,21?,25-,26-,30?,31?/m1/s1. The summed E-state index contributed by atoms with van der Waals surface area (Å²) in [4.78, 5) is 36.4. The van der Waals surface area contributed by atoms with E-state index in [1.807, 2.05) is 12.1 Å². The quantitative estimate of drug-likeness (QED) is 0.445. The van der Waals surface area contributed by atoms with Gasteiger partial charge in [-0.25, -0.2) is 14.4 Å². The smallest absolute Gasteiger partial charge is 0.348 e. The molecule has 0 aromatic heterocycles. The molecular weight excluding hydrogens is 484 g/mol. The lowest BCUT2D eigenvalue weighted by Gasteiger charge is -2.58. The number of carboxylic acid groups (broad SMARTS) is 2. The number of carboxylic acids is 2. The summed E-state index contributed by atoms with van der Waals surface area (Å²) in [6.07, 6.45) is 10.3. The number of aliphatic carboxylic acids is 2. The Labute approximate surface area is 223 Å². The maximum atomic E-state index is 13.5. The summed E-state index contributed by atoms with van der Waals surface area (Å²) in [5.74, 6) is 0.153. The number of hydrogen-bond acceptors (Lipinski definition) is 5. The molecule has 1 aromatic rings. The first-order chi connectivity index (χ1) is 18.1. The summed E-state index contributed by atoms with van der Waals surface area (Å²) in [6, 6.07) is 6.22. The molecule has 0 aliphatic heterocycles. The lowest BCUT2D eigenvalue weighted by molar-refractivity contribution is -0.166. The molecule has 8 bridgehead atoms. The van der Waals surface area contributed by atoms with Gasteiger partial charge in [-0.15, -0.1) is 0 Å². The van der Waals surface area contributed by atoms with Gasteiger partial charge < -0.3 is 20.1 Å². The van der Waals surface area contributed by atoms with Crippen LogP contribution in [0.1, 0.15) is 98.5 Å². The summed E-state index contributed by atoms with van der Waals surface area (Å²) in [5, 5.41) is 28.6. The number of rotatable bonds is 7. The fourth-order valence-corrected chi connectivity index (χ4v) is 10.8. The van der Waals surface area contributed by atoms with Crippen molar-refractivity contribution in [2.24, 2.45) is 35.5 Å². The van der Waals surface area contributed by atoms with Gasteiger partial charge in [-0.05, 0) is 147 Å². The molecule has 0 heterocycles. The van der Waals surface area contributed by atoms with E-state index in [9.17, 15) is 24.6 Å². The van der Waals surface area contributed by atoms with E-state index in [1.165, 1.54) is 49.7 Å². The van der Waals surface area contributed by atoms with Crippen LogP contribution in [0.2, 0.25) is 0 Å². The van der Waals surface area contributed by atoms with Gasteiger partial charge in [-0.1, -0.05) is 6.07 Å². The van der Waals surface area contributed by atoms with Crippen molar-refractivity contribution in [2.75, 3.05) is 0 Å². The minimum absolute atomic E-state index is 0.0505. The Balaban J connectivity index is 1.29. The fraction of sp³-hybridized carbons (Fsp3) is 0.710. The highest BCUT2D eigenvalue weighted by molar-refractivity contribution is 5.93. The average molecular weight is 523 g/mol. The third-order valence-electron chi connectivity index (χ3n) is 11.5. The number of carbonyl (C=O) groups excluding carboxylic acids is 1. The predicted molar refractivity (Wildman–Crippen MR) is 137 cm³/mol. The van der Waals surface area contributed by atoms with Gasteiger partial charge in [0.25, 0.3) is 0 Å². The Morgan fingerprint density at radius 3 is 1.34 bits per heavy atom. The van der Waals surface area contributed by atoms with Gasteiger partial charge in [0.05, 0.1) is 5.56 Å². The van der Waals surface area contributed by atoms with E-state index in [0.29, 0.717) is 5.56 Å². The van der Waals surface area contributed by atoms with E-state index in [-0.39, 0.29) is 10.8 Å². The highest BCUT2D eigenvalue weighted by atomic mass is 16.6. The zero-order chi connectivity index (χ0) is 26.4. The molecule has 7 nitrogen and oxygen atoms in total. The molecular formula is C31H38O7. The predicted octanol–water partition coefficient (Wildman–Crippen LogP) is 4.68. The summed E-state index contributed by atoms with van der Waals surface area (Å²) >= 11 is 0. The van der Waals surface area contributed by atoms with Crippen LogP contribution in [0.4, 0.5) is 0 Å². The summed E-state index contributed by atoms with van der Waals surface area (Å²) in [5.41, 5.74) is 2.79. The highest BCUT2D eigenvalue weighted by Gasteiger charge is 2.54. The topological polar surface area (TPSA) is 121 Å². The number of carbonyl (C=O) groups is 3. The summed E-state index contributed by atoms with van der Waals surface area (Å²) in [7, 11) is 0. The van der Waals surface area contributed by atoms with Crippen molar-refractivity contribution in [3.8, 4) is 0 Å². The molecule has 38 heavy (non-hydrogen) atoms. The lowest BCUT2D eigenvalue weighted by atomic mass is 9.46. The van der Waals surface area contributed by atoms with Crippen LogP contribution < -0.4 is 0 Å². The van der Waals surface area contributed by atoms with E-state index in [1.54, 1.807) is 0 Å². The number of hydrogen-bond donors (Lipinski definition) is 3. The molecule has 0 spiro atoms. The molecule has 8 saturated carbocycles. The Bertz CT molecular complexity index is 1050. The zero-order valence-electron chi connectivity index (χ0n) is 21.8. The fourth-order valence-electron chi connectivity index (χ4n) is 10.8. The number of ether oxygens (including phenoxy) is 1. The van der Waals surface area contributed by atoms with Gasteiger partial charge in [-0.3, -0.25) is 0 Å². The third kappa shape index (κ3) is 3.90. The maximum absolute atomic E-state index is 13.5. The molecule has 8 fully saturated rings. The molecule has 0 radical (unpaired) electrons. The molecule has 0 unspecified atom stereocenters. The van der Waals surface area contributed by atoms with Crippen molar-refractivity contribution < 1.29 is 34.4 Å². The first kappa shape index (κ1) is 24.6. The van der Waals surface area contributed by atoms with E-state index >= 15 is 0 Å². The normalized spacial score (nSPS) is 41.6. The Hall–Kier alpha value is -2.41. The molecule has 0 amide bonds. The van der Waals surface area contributed by atoms with E-state index in [2.05, 4.69) is 6.07 Å². The second kappa shape index (κ2) is 8.54. The molecule has 1 aromatic carbocycles. The van der Waals surface area contributed by atoms with Crippen molar-refractivity contribution in [1.29, 1.82) is 0 Å². The molecule has 9 rings (SSSR count). The Morgan fingerprint density at radius 2 is 1.03 bits per heavy atom. The van der Waals surface area contributed by atoms with Crippen molar-refractivity contribution in [3.05, 3.63) is 34.9 Å². The average Bonchev–Trinajstić information content (AvgIpc) is 2.84. The van der Waals surface area contributed by atoms with Gasteiger partial charge in [0.15, 0.2) is 6.10 Å². The second-order valence-electron chi connectivity index (χ2n) is 14.1. The molecule has 7 heteroatoms. The van der Waals surface area contributed by atoms with Gasteiger partial charge in [0.2, 0.25) is 6.10 Å².